The van der Waals surface area contributed by atoms with Crippen LogP contribution in [-0.4, -0.2) is 55.5 Å². The number of amides is 2. The van der Waals surface area contributed by atoms with Crippen LogP contribution in [0.1, 0.15) is 39.5 Å². The standard InChI is InChI=1S/C19H29N3O6S/c1-13(2)4-9-18(23)20-14-10-11-22(17(12-14)19(24)21-25)29(26,27)16-7-5-15(28-3)6-8-16/h5-8,13-14,17,25H,4,9-12H2,1-3H3,(H,20,23)(H,21,24). The van der Waals surface area contributed by atoms with E-state index in [0.29, 0.717) is 24.5 Å². The lowest BCUT2D eigenvalue weighted by atomic mass is 9.98. The van der Waals surface area contributed by atoms with Crippen molar-refractivity contribution in [1.29, 1.82) is 0 Å². The molecule has 3 N–H and O–H groups in total. The number of piperidine rings is 1. The Bertz CT molecular complexity index is 810. The summed E-state index contributed by atoms with van der Waals surface area (Å²) in [5, 5.41) is 12.0. The number of carbonyl (C=O) groups is 2. The Morgan fingerprint density at radius 1 is 1.28 bits per heavy atom. The van der Waals surface area contributed by atoms with E-state index in [9.17, 15) is 18.0 Å². The van der Waals surface area contributed by atoms with Gasteiger partial charge in [-0.2, -0.15) is 4.31 Å². The molecule has 10 heteroatoms. The van der Waals surface area contributed by atoms with E-state index in [2.05, 4.69) is 5.32 Å². The van der Waals surface area contributed by atoms with E-state index >= 15 is 0 Å². The molecular weight excluding hydrogens is 398 g/mol. The molecule has 2 unspecified atom stereocenters. The molecule has 1 saturated heterocycles. The van der Waals surface area contributed by atoms with Crippen LogP contribution in [0, 0.1) is 5.92 Å². The molecule has 1 aromatic carbocycles. The van der Waals surface area contributed by atoms with Gasteiger partial charge < -0.3 is 10.1 Å². The van der Waals surface area contributed by atoms with Crippen molar-refractivity contribution in [3.8, 4) is 5.75 Å². The van der Waals surface area contributed by atoms with E-state index in [4.69, 9.17) is 9.94 Å². The molecule has 2 amide bonds. The van der Waals surface area contributed by atoms with Crippen molar-refractivity contribution >= 4 is 21.8 Å². The Morgan fingerprint density at radius 3 is 2.48 bits per heavy atom. The van der Waals surface area contributed by atoms with Crippen LogP contribution in [-0.2, 0) is 19.6 Å². The van der Waals surface area contributed by atoms with Gasteiger partial charge in [-0.3, -0.25) is 14.8 Å². The molecular formula is C19H29N3O6S. The highest BCUT2D eigenvalue weighted by Crippen LogP contribution is 2.27. The minimum Gasteiger partial charge on any atom is -0.497 e. The Labute approximate surface area is 171 Å². The molecule has 9 nitrogen and oxygen atoms in total. The fraction of sp³-hybridized carbons (Fsp3) is 0.579. The maximum absolute atomic E-state index is 13.1. The number of sulfonamides is 1. The minimum absolute atomic E-state index is 0.0217. The predicted molar refractivity (Wildman–Crippen MR) is 106 cm³/mol. The van der Waals surface area contributed by atoms with Crippen LogP contribution in [0.4, 0.5) is 0 Å². The first-order valence-corrected chi connectivity index (χ1v) is 11.0. The van der Waals surface area contributed by atoms with Gasteiger partial charge in [-0.15, -0.1) is 0 Å². The van der Waals surface area contributed by atoms with Gasteiger partial charge in [0, 0.05) is 19.0 Å². The van der Waals surface area contributed by atoms with Crippen molar-refractivity contribution in [1.82, 2.24) is 15.1 Å². The number of rotatable bonds is 8. The van der Waals surface area contributed by atoms with Crippen LogP contribution in [0.15, 0.2) is 29.2 Å². The summed E-state index contributed by atoms with van der Waals surface area (Å²) in [4.78, 5) is 24.3. The third-order valence-electron chi connectivity index (χ3n) is 4.95. The van der Waals surface area contributed by atoms with Gasteiger partial charge in [-0.1, -0.05) is 13.8 Å². The first-order chi connectivity index (χ1) is 13.7. The topological polar surface area (TPSA) is 125 Å². The fourth-order valence-corrected chi connectivity index (χ4v) is 4.89. The SMILES string of the molecule is COc1ccc(S(=O)(=O)N2CCC(NC(=O)CCC(C)C)CC2C(=O)NO)cc1. The Kier molecular flexibility index (Phi) is 8.00. The molecule has 0 aliphatic carbocycles. The molecule has 0 saturated carbocycles. The van der Waals surface area contributed by atoms with Gasteiger partial charge in [0.15, 0.2) is 0 Å². The van der Waals surface area contributed by atoms with Gasteiger partial charge in [-0.05, 0) is 49.4 Å². The molecule has 0 radical (unpaired) electrons. The van der Waals surface area contributed by atoms with Crippen molar-refractivity contribution in [2.45, 2.75) is 56.5 Å². The van der Waals surface area contributed by atoms with Gasteiger partial charge in [0.2, 0.25) is 15.9 Å². The van der Waals surface area contributed by atoms with Crippen molar-refractivity contribution in [2.24, 2.45) is 5.92 Å². The van der Waals surface area contributed by atoms with Crippen molar-refractivity contribution in [3.05, 3.63) is 24.3 Å². The Balaban J connectivity index is 2.16. The summed E-state index contributed by atoms with van der Waals surface area (Å²) in [5.41, 5.74) is 1.54. The number of hydrogen-bond acceptors (Lipinski definition) is 6. The highest BCUT2D eigenvalue weighted by atomic mass is 32.2. The first-order valence-electron chi connectivity index (χ1n) is 9.58. The Hall–Kier alpha value is -2.17. The van der Waals surface area contributed by atoms with Crippen molar-refractivity contribution in [2.75, 3.05) is 13.7 Å². The predicted octanol–water partition coefficient (Wildman–Crippen LogP) is 1.27. The second kappa shape index (κ2) is 10.0. The molecule has 0 aromatic heterocycles. The molecule has 2 rings (SSSR count). The lowest BCUT2D eigenvalue weighted by Crippen LogP contribution is -2.56. The summed E-state index contributed by atoms with van der Waals surface area (Å²) in [5.74, 6) is -0.0527. The van der Waals surface area contributed by atoms with E-state index in [-0.39, 0.29) is 29.8 Å². The second-order valence-corrected chi connectivity index (χ2v) is 9.40. The van der Waals surface area contributed by atoms with E-state index in [1.807, 2.05) is 13.8 Å². The highest BCUT2D eigenvalue weighted by Gasteiger charge is 2.41. The van der Waals surface area contributed by atoms with Crippen molar-refractivity contribution in [3.63, 3.8) is 0 Å². The summed E-state index contributed by atoms with van der Waals surface area (Å²) in [7, 11) is -2.49. The lowest BCUT2D eigenvalue weighted by molar-refractivity contribution is -0.135. The minimum atomic E-state index is -3.97. The van der Waals surface area contributed by atoms with Crippen LogP contribution >= 0.6 is 0 Å². The molecule has 1 aliphatic rings. The first kappa shape index (κ1) is 23.1. The highest BCUT2D eigenvalue weighted by molar-refractivity contribution is 7.89. The number of nitrogens with one attached hydrogen (secondary N) is 2. The molecule has 29 heavy (non-hydrogen) atoms. The van der Waals surface area contributed by atoms with E-state index in [1.54, 1.807) is 5.48 Å². The number of hydroxylamine groups is 1. The number of methoxy groups -OCH3 is 1. The second-order valence-electron chi connectivity index (χ2n) is 7.50. The van der Waals surface area contributed by atoms with Crippen LogP contribution in [0.2, 0.25) is 0 Å². The molecule has 2 atom stereocenters. The Morgan fingerprint density at radius 2 is 1.93 bits per heavy atom. The molecule has 0 spiro atoms. The molecule has 162 valence electrons. The van der Waals surface area contributed by atoms with Crippen LogP contribution in [0.25, 0.3) is 0 Å². The average molecular weight is 428 g/mol. The number of ether oxygens (including phenoxy) is 1. The van der Waals surface area contributed by atoms with Gasteiger partial charge in [0.1, 0.15) is 11.8 Å². The quantitative estimate of drug-likeness (QED) is 0.424. The van der Waals surface area contributed by atoms with E-state index in [1.165, 1.54) is 31.4 Å². The zero-order valence-electron chi connectivity index (χ0n) is 16.9. The third-order valence-corrected chi connectivity index (χ3v) is 6.87. The average Bonchev–Trinajstić information content (AvgIpc) is 2.71. The van der Waals surface area contributed by atoms with Gasteiger partial charge in [0.05, 0.1) is 12.0 Å². The summed E-state index contributed by atoms with van der Waals surface area (Å²) in [6.07, 6.45) is 1.57. The van der Waals surface area contributed by atoms with Gasteiger partial charge >= 0.3 is 0 Å². The number of benzene rings is 1. The molecule has 0 bridgehead atoms. The smallest absolute Gasteiger partial charge is 0.261 e. The zero-order chi connectivity index (χ0) is 21.6. The largest absolute Gasteiger partial charge is 0.497 e. The van der Waals surface area contributed by atoms with Crippen LogP contribution in [0.5, 0.6) is 5.75 Å². The summed E-state index contributed by atoms with van der Waals surface area (Å²) in [6.45, 7) is 4.09. The summed E-state index contributed by atoms with van der Waals surface area (Å²) in [6, 6.07) is 4.38. The monoisotopic (exact) mass is 427 g/mol. The normalized spacial score (nSPS) is 20.3. The molecule has 1 aliphatic heterocycles. The summed E-state index contributed by atoms with van der Waals surface area (Å²) >= 11 is 0. The molecule has 1 fully saturated rings. The van der Waals surface area contributed by atoms with Gasteiger partial charge in [-0.25, -0.2) is 13.9 Å². The fourth-order valence-electron chi connectivity index (χ4n) is 3.28. The zero-order valence-corrected chi connectivity index (χ0v) is 17.7. The van der Waals surface area contributed by atoms with E-state index in [0.717, 1.165) is 10.7 Å². The number of hydrogen-bond donors (Lipinski definition) is 3. The summed E-state index contributed by atoms with van der Waals surface area (Å²) < 4.78 is 32.2. The number of carbonyl (C=O) groups excluding carboxylic acids is 2. The third kappa shape index (κ3) is 5.91. The van der Waals surface area contributed by atoms with E-state index < -0.39 is 22.0 Å². The maximum Gasteiger partial charge on any atom is 0.261 e. The number of nitrogens with zero attached hydrogens (tertiary/aromatic N) is 1. The molecule has 1 aromatic rings. The van der Waals surface area contributed by atoms with Gasteiger partial charge in [0.25, 0.3) is 5.91 Å². The lowest BCUT2D eigenvalue weighted by Gasteiger charge is -2.37. The maximum atomic E-state index is 13.1. The van der Waals surface area contributed by atoms with Crippen LogP contribution < -0.4 is 15.5 Å². The van der Waals surface area contributed by atoms with Crippen LogP contribution in [0.3, 0.4) is 0 Å². The molecule has 1 heterocycles. The van der Waals surface area contributed by atoms with Crippen molar-refractivity contribution < 1.29 is 28.0 Å².